The molecule has 3 N–H and O–H groups in total. The molecule has 2 rings (SSSR count). The Morgan fingerprint density at radius 1 is 1.44 bits per heavy atom. The molecule has 7 heteroatoms. The van der Waals surface area contributed by atoms with Crippen LogP contribution in [0.25, 0.3) is 0 Å². The smallest absolute Gasteiger partial charge is 0.138 e. The third kappa shape index (κ3) is 5.49. The molecule has 0 aliphatic carbocycles. The van der Waals surface area contributed by atoms with E-state index in [9.17, 15) is 0 Å². The van der Waals surface area contributed by atoms with Crippen LogP contribution in [0.5, 0.6) is 5.75 Å². The van der Waals surface area contributed by atoms with Crippen molar-refractivity contribution in [3.05, 3.63) is 22.0 Å². The van der Waals surface area contributed by atoms with Gasteiger partial charge in [-0.3, -0.25) is 4.98 Å². The first-order valence-electron chi connectivity index (χ1n) is 4.31. The van der Waals surface area contributed by atoms with E-state index >= 15 is 0 Å². The third-order valence-electron chi connectivity index (χ3n) is 2.06. The number of hydrogen-bond acceptors (Lipinski definition) is 3. The fourth-order valence-electron chi connectivity index (χ4n) is 1.16. The van der Waals surface area contributed by atoms with Gasteiger partial charge in [-0.25, -0.2) is 0 Å². The largest absolute Gasteiger partial charge is 0.490 e. The second-order valence-corrected chi connectivity index (χ2v) is 4.34. The van der Waals surface area contributed by atoms with Crippen LogP contribution in [0.15, 0.2) is 18.5 Å². The molecule has 0 radical (unpaired) electrons. The summed E-state index contributed by atoms with van der Waals surface area (Å²) < 4.78 is 6.67. The van der Waals surface area contributed by atoms with Crippen LogP contribution in [0.2, 0.25) is 0 Å². The van der Waals surface area contributed by atoms with E-state index in [-0.39, 0.29) is 30.3 Å². The van der Waals surface area contributed by atoms with E-state index in [1.165, 1.54) is 6.42 Å². The van der Waals surface area contributed by atoms with Crippen molar-refractivity contribution >= 4 is 47.4 Å². The summed E-state index contributed by atoms with van der Waals surface area (Å²) in [7, 11) is 0. The molecule has 0 bridgehead atoms. The van der Waals surface area contributed by atoms with E-state index in [0.717, 1.165) is 22.5 Å². The molecule has 1 fully saturated rings. The lowest BCUT2D eigenvalue weighted by atomic mass is 10.1. The summed E-state index contributed by atoms with van der Waals surface area (Å²) in [6.07, 6.45) is 4.78. The molecule has 0 amide bonds. The molecular weight excluding hydrogens is 366 g/mol. The third-order valence-corrected chi connectivity index (χ3v) is 2.65. The molecule has 1 atom stereocenters. The lowest BCUT2D eigenvalue weighted by molar-refractivity contribution is 0.217. The van der Waals surface area contributed by atoms with E-state index < -0.39 is 0 Å². The number of halogens is 3. The summed E-state index contributed by atoms with van der Waals surface area (Å²) in [5.41, 5.74) is 0. The zero-order chi connectivity index (χ0) is 9.10. The summed E-state index contributed by atoms with van der Waals surface area (Å²) in [5, 5.41) is 3.28. The van der Waals surface area contributed by atoms with E-state index in [4.69, 9.17) is 4.74 Å². The van der Waals surface area contributed by atoms with Gasteiger partial charge in [0.25, 0.3) is 0 Å². The summed E-state index contributed by atoms with van der Waals surface area (Å²) in [4.78, 5) is 4.05. The number of ether oxygens (including phenoxy) is 1. The van der Waals surface area contributed by atoms with Crippen molar-refractivity contribution in [3.63, 3.8) is 0 Å². The van der Waals surface area contributed by atoms with Gasteiger partial charge in [-0.1, -0.05) is 0 Å². The monoisotopic (exact) mass is 380 g/mol. The van der Waals surface area contributed by atoms with Gasteiger partial charge in [0.2, 0.25) is 0 Å². The Labute approximate surface area is 121 Å². The lowest BCUT2D eigenvalue weighted by Crippen LogP contribution is -2.46. The number of rotatable bonds is 3. The maximum atomic E-state index is 5.56. The average Bonchev–Trinajstić information content (AvgIpc) is 2.01. The molecule has 4 nitrogen and oxygen atoms in total. The molecule has 2 heterocycles. The summed E-state index contributed by atoms with van der Waals surface area (Å²) in [5.74, 6) is 0.862. The standard InChI is InChI=1S/C9H11IN2O.2ClH.H2O/c10-7-3-9(5-11-4-7)13-6-8-1-2-12-8;;;/h3-5,8,12H,1-2,6H2;2*1H;1H2/t8-;;;/m0.../s1. The van der Waals surface area contributed by atoms with E-state index in [2.05, 4.69) is 32.9 Å². The van der Waals surface area contributed by atoms with Gasteiger partial charge in [0, 0.05) is 15.8 Å². The second kappa shape index (κ2) is 9.23. The van der Waals surface area contributed by atoms with Crippen LogP contribution in [-0.2, 0) is 0 Å². The van der Waals surface area contributed by atoms with Gasteiger partial charge in [-0.15, -0.1) is 24.8 Å². The minimum atomic E-state index is 0. The maximum Gasteiger partial charge on any atom is 0.138 e. The van der Waals surface area contributed by atoms with Crippen LogP contribution in [0.1, 0.15) is 6.42 Å². The highest BCUT2D eigenvalue weighted by molar-refractivity contribution is 14.1. The normalized spacial score (nSPS) is 16.9. The Hall–Kier alpha value is 0.180. The van der Waals surface area contributed by atoms with Crippen molar-refractivity contribution in [3.8, 4) is 5.75 Å². The van der Waals surface area contributed by atoms with Crippen molar-refractivity contribution in [2.45, 2.75) is 12.5 Å². The van der Waals surface area contributed by atoms with Crippen LogP contribution in [0.4, 0.5) is 0 Å². The lowest BCUT2D eigenvalue weighted by Gasteiger charge is -2.27. The fourth-order valence-corrected chi connectivity index (χ4v) is 1.63. The highest BCUT2D eigenvalue weighted by Crippen LogP contribution is 2.14. The molecule has 16 heavy (non-hydrogen) atoms. The van der Waals surface area contributed by atoms with E-state index in [1.807, 2.05) is 12.3 Å². The summed E-state index contributed by atoms with van der Waals surface area (Å²) in [6, 6.07) is 2.53. The second-order valence-electron chi connectivity index (χ2n) is 3.09. The van der Waals surface area contributed by atoms with Crippen LogP contribution in [0, 0.1) is 3.57 Å². The molecule has 0 spiro atoms. The van der Waals surface area contributed by atoms with Gasteiger partial charge in [-0.05, 0) is 41.6 Å². The molecule has 1 aliphatic rings. The van der Waals surface area contributed by atoms with Crippen molar-refractivity contribution in [1.29, 1.82) is 0 Å². The Balaban J connectivity index is 0. The number of nitrogens with one attached hydrogen (secondary N) is 1. The number of hydrogen-bond donors (Lipinski definition) is 1. The van der Waals surface area contributed by atoms with E-state index in [1.54, 1.807) is 6.20 Å². The Morgan fingerprint density at radius 2 is 2.12 bits per heavy atom. The highest BCUT2D eigenvalue weighted by atomic mass is 127. The molecule has 1 aromatic heterocycles. The molecular formula is C9H15Cl2IN2O2. The zero-order valence-electron chi connectivity index (χ0n) is 8.48. The van der Waals surface area contributed by atoms with Gasteiger partial charge in [0.05, 0.1) is 6.20 Å². The maximum absolute atomic E-state index is 5.56. The molecule has 1 aliphatic heterocycles. The molecule has 94 valence electrons. The molecule has 0 aromatic carbocycles. The minimum Gasteiger partial charge on any atom is -0.490 e. The summed E-state index contributed by atoms with van der Waals surface area (Å²) in [6.45, 7) is 1.88. The predicted octanol–water partition coefficient (Wildman–Crippen LogP) is 1.45. The Bertz CT molecular complexity index is 301. The van der Waals surface area contributed by atoms with Crippen molar-refractivity contribution in [2.24, 2.45) is 0 Å². The van der Waals surface area contributed by atoms with Gasteiger partial charge >= 0.3 is 0 Å². The number of aromatic nitrogens is 1. The Morgan fingerprint density at radius 3 is 2.62 bits per heavy atom. The minimum absolute atomic E-state index is 0. The van der Waals surface area contributed by atoms with Gasteiger partial charge in [0.1, 0.15) is 12.4 Å². The molecule has 0 unspecified atom stereocenters. The van der Waals surface area contributed by atoms with Gasteiger partial charge in [0.15, 0.2) is 0 Å². The Kier molecular flexibility index (Phi) is 10.7. The highest BCUT2D eigenvalue weighted by Gasteiger charge is 2.16. The summed E-state index contributed by atoms with van der Waals surface area (Å²) >= 11 is 2.23. The van der Waals surface area contributed by atoms with Crippen LogP contribution >= 0.6 is 47.4 Å². The van der Waals surface area contributed by atoms with Crippen LogP contribution in [0.3, 0.4) is 0 Å². The van der Waals surface area contributed by atoms with Crippen molar-refractivity contribution < 1.29 is 10.2 Å². The number of nitrogens with zero attached hydrogens (tertiary/aromatic N) is 1. The molecule has 1 saturated heterocycles. The van der Waals surface area contributed by atoms with Crippen LogP contribution < -0.4 is 10.1 Å². The molecule has 0 saturated carbocycles. The first-order chi connectivity index (χ1) is 6.34. The van der Waals surface area contributed by atoms with E-state index in [0.29, 0.717) is 6.04 Å². The van der Waals surface area contributed by atoms with Crippen LogP contribution in [-0.4, -0.2) is 29.7 Å². The SMILES string of the molecule is Cl.Cl.Ic1cncc(OC[C@@H]2CCN2)c1.O. The zero-order valence-corrected chi connectivity index (χ0v) is 12.3. The first kappa shape index (κ1) is 18.5. The quantitative estimate of drug-likeness (QED) is 0.807. The average molecular weight is 381 g/mol. The number of pyridine rings is 1. The van der Waals surface area contributed by atoms with Gasteiger partial charge < -0.3 is 15.5 Å². The fraction of sp³-hybridized carbons (Fsp3) is 0.444. The first-order valence-corrected chi connectivity index (χ1v) is 5.39. The predicted molar refractivity (Wildman–Crippen MR) is 77.0 cm³/mol. The van der Waals surface area contributed by atoms with Gasteiger partial charge in [-0.2, -0.15) is 0 Å². The molecule has 1 aromatic rings. The topological polar surface area (TPSA) is 65.7 Å². The van der Waals surface area contributed by atoms with Crippen molar-refractivity contribution in [2.75, 3.05) is 13.2 Å². The van der Waals surface area contributed by atoms with Crippen molar-refractivity contribution in [1.82, 2.24) is 10.3 Å².